The molecule has 26 heavy (non-hydrogen) atoms. The molecule has 0 aliphatic heterocycles. The van der Waals surface area contributed by atoms with E-state index in [2.05, 4.69) is 27.7 Å². The Bertz CT molecular complexity index is 744. The van der Waals surface area contributed by atoms with Crippen LogP contribution in [0.15, 0.2) is 27.7 Å². The molecule has 144 valence electrons. The standard InChI is InChI=1S/C18H24Cl2N4O.HI/c1-10(17-12(3)24-25-13(17)4)9-22-18(21-5)23-11(2)15-7-6-14(19)8-16(15)20;/h6-8,10-11H,9H2,1-5H3,(H2,21,22,23);1H. The van der Waals surface area contributed by atoms with Crippen molar-refractivity contribution in [3.63, 3.8) is 0 Å². The Hall–Kier alpha value is -0.990. The van der Waals surface area contributed by atoms with Crippen LogP contribution in [0.4, 0.5) is 0 Å². The third kappa shape index (κ3) is 5.76. The lowest BCUT2D eigenvalue weighted by molar-refractivity contribution is 0.391. The predicted molar refractivity (Wildman–Crippen MR) is 119 cm³/mol. The maximum Gasteiger partial charge on any atom is 0.191 e. The SMILES string of the molecule is CN=C(NCC(C)c1c(C)noc1C)NC(C)c1ccc(Cl)cc1Cl.I. The number of benzene rings is 1. The summed E-state index contributed by atoms with van der Waals surface area (Å²) in [6.07, 6.45) is 0. The zero-order valence-corrected chi connectivity index (χ0v) is 19.4. The van der Waals surface area contributed by atoms with E-state index < -0.39 is 0 Å². The van der Waals surface area contributed by atoms with E-state index in [4.69, 9.17) is 27.7 Å². The number of hydrogen-bond donors (Lipinski definition) is 2. The van der Waals surface area contributed by atoms with Gasteiger partial charge in [0.05, 0.1) is 11.7 Å². The Kier molecular flexibility index (Phi) is 9.19. The van der Waals surface area contributed by atoms with Gasteiger partial charge in [-0.3, -0.25) is 4.99 Å². The zero-order valence-electron chi connectivity index (χ0n) is 15.6. The number of nitrogens with one attached hydrogen (secondary N) is 2. The van der Waals surface area contributed by atoms with Crippen molar-refractivity contribution >= 4 is 53.1 Å². The average molecular weight is 511 g/mol. The zero-order chi connectivity index (χ0) is 18.6. The molecule has 0 amide bonds. The minimum absolute atomic E-state index is 0. The molecular formula is C18H25Cl2IN4O. The van der Waals surface area contributed by atoms with E-state index in [0.29, 0.717) is 22.5 Å². The average Bonchev–Trinajstić information content (AvgIpc) is 2.89. The van der Waals surface area contributed by atoms with Gasteiger partial charge in [-0.1, -0.05) is 41.3 Å². The molecule has 0 aliphatic carbocycles. The maximum atomic E-state index is 6.28. The smallest absolute Gasteiger partial charge is 0.191 e. The number of hydrogen-bond acceptors (Lipinski definition) is 3. The van der Waals surface area contributed by atoms with Gasteiger partial charge in [0.15, 0.2) is 5.96 Å². The first-order valence-corrected chi connectivity index (χ1v) is 8.94. The van der Waals surface area contributed by atoms with Crippen molar-refractivity contribution < 1.29 is 4.52 Å². The lowest BCUT2D eigenvalue weighted by Gasteiger charge is -2.21. The van der Waals surface area contributed by atoms with E-state index in [0.717, 1.165) is 22.6 Å². The molecule has 2 rings (SSSR count). The van der Waals surface area contributed by atoms with Crippen molar-refractivity contribution in [3.8, 4) is 0 Å². The third-order valence-electron chi connectivity index (χ3n) is 4.16. The number of halogens is 3. The molecule has 2 aromatic rings. The first kappa shape index (κ1) is 23.0. The van der Waals surface area contributed by atoms with Gasteiger partial charge in [-0.25, -0.2) is 0 Å². The first-order valence-electron chi connectivity index (χ1n) is 8.18. The molecule has 0 radical (unpaired) electrons. The van der Waals surface area contributed by atoms with Gasteiger partial charge < -0.3 is 15.2 Å². The van der Waals surface area contributed by atoms with Crippen LogP contribution in [0.5, 0.6) is 0 Å². The highest BCUT2D eigenvalue weighted by atomic mass is 127. The molecule has 8 heteroatoms. The molecule has 0 fully saturated rings. The number of rotatable bonds is 5. The fraction of sp³-hybridized carbons (Fsp3) is 0.444. The molecule has 1 heterocycles. The van der Waals surface area contributed by atoms with Crippen LogP contribution in [0.2, 0.25) is 10.0 Å². The molecule has 0 saturated heterocycles. The lowest BCUT2D eigenvalue weighted by Crippen LogP contribution is -2.40. The fourth-order valence-corrected chi connectivity index (χ4v) is 3.45. The predicted octanol–water partition coefficient (Wildman–Crippen LogP) is 5.25. The topological polar surface area (TPSA) is 62.5 Å². The normalized spacial score (nSPS) is 13.7. The molecule has 2 N–H and O–H groups in total. The molecule has 1 aromatic heterocycles. The number of nitrogens with zero attached hydrogens (tertiary/aromatic N) is 2. The van der Waals surface area contributed by atoms with E-state index >= 15 is 0 Å². The number of guanidine groups is 1. The number of aromatic nitrogens is 1. The monoisotopic (exact) mass is 510 g/mol. The molecule has 1 aromatic carbocycles. The van der Waals surface area contributed by atoms with Gasteiger partial charge in [0.25, 0.3) is 0 Å². The van der Waals surface area contributed by atoms with Crippen molar-refractivity contribution in [1.82, 2.24) is 15.8 Å². The summed E-state index contributed by atoms with van der Waals surface area (Å²) >= 11 is 12.2. The Balaban J connectivity index is 0.00000338. The summed E-state index contributed by atoms with van der Waals surface area (Å²) in [6.45, 7) is 8.76. The van der Waals surface area contributed by atoms with E-state index in [1.165, 1.54) is 0 Å². The molecule has 2 atom stereocenters. The Labute approximate surface area is 181 Å². The fourth-order valence-electron chi connectivity index (χ4n) is 2.88. The second-order valence-corrected chi connectivity index (χ2v) is 6.97. The Morgan fingerprint density at radius 1 is 1.27 bits per heavy atom. The molecule has 0 saturated carbocycles. The van der Waals surface area contributed by atoms with Gasteiger partial charge >= 0.3 is 0 Å². The van der Waals surface area contributed by atoms with Crippen molar-refractivity contribution in [2.45, 2.75) is 39.7 Å². The van der Waals surface area contributed by atoms with Gasteiger partial charge in [-0.2, -0.15) is 0 Å². The van der Waals surface area contributed by atoms with E-state index in [1.807, 2.05) is 32.9 Å². The number of aryl methyl sites for hydroxylation is 2. The molecule has 2 unspecified atom stereocenters. The summed E-state index contributed by atoms with van der Waals surface area (Å²) in [5, 5.41) is 12.0. The molecular weight excluding hydrogens is 486 g/mol. The van der Waals surface area contributed by atoms with Crippen molar-refractivity contribution in [2.24, 2.45) is 4.99 Å². The van der Waals surface area contributed by atoms with Gasteiger partial charge in [-0.15, -0.1) is 24.0 Å². The van der Waals surface area contributed by atoms with Crippen LogP contribution in [0.3, 0.4) is 0 Å². The highest BCUT2D eigenvalue weighted by molar-refractivity contribution is 14.0. The van der Waals surface area contributed by atoms with Crippen LogP contribution in [-0.2, 0) is 0 Å². The van der Waals surface area contributed by atoms with Gasteiger partial charge in [-0.05, 0) is 38.5 Å². The Morgan fingerprint density at radius 2 is 1.96 bits per heavy atom. The minimum atomic E-state index is -0.00895. The minimum Gasteiger partial charge on any atom is -0.361 e. The van der Waals surface area contributed by atoms with E-state index in [1.54, 1.807) is 13.1 Å². The largest absolute Gasteiger partial charge is 0.361 e. The van der Waals surface area contributed by atoms with Crippen LogP contribution in [0.25, 0.3) is 0 Å². The maximum absolute atomic E-state index is 6.28. The molecule has 5 nitrogen and oxygen atoms in total. The van der Waals surface area contributed by atoms with Crippen LogP contribution >= 0.6 is 47.2 Å². The summed E-state index contributed by atoms with van der Waals surface area (Å²) in [5.74, 6) is 1.81. The summed E-state index contributed by atoms with van der Waals surface area (Å²) in [7, 11) is 1.74. The molecule has 0 aliphatic rings. The second-order valence-electron chi connectivity index (χ2n) is 6.12. The first-order chi connectivity index (χ1) is 11.8. The van der Waals surface area contributed by atoms with E-state index in [9.17, 15) is 0 Å². The van der Waals surface area contributed by atoms with E-state index in [-0.39, 0.29) is 35.9 Å². The van der Waals surface area contributed by atoms with Crippen LogP contribution < -0.4 is 10.6 Å². The van der Waals surface area contributed by atoms with Crippen molar-refractivity contribution in [2.75, 3.05) is 13.6 Å². The Morgan fingerprint density at radius 3 is 2.50 bits per heavy atom. The third-order valence-corrected chi connectivity index (χ3v) is 4.73. The molecule has 0 spiro atoms. The van der Waals surface area contributed by atoms with Gasteiger partial charge in [0.1, 0.15) is 5.76 Å². The quantitative estimate of drug-likeness (QED) is 0.328. The van der Waals surface area contributed by atoms with Gasteiger partial charge in [0.2, 0.25) is 0 Å². The van der Waals surface area contributed by atoms with Crippen molar-refractivity contribution in [3.05, 3.63) is 50.8 Å². The van der Waals surface area contributed by atoms with Gasteiger partial charge in [0, 0.05) is 35.1 Å². The second kappa shape index (κ2) is 10.4. The summed E-state index contributed by atoms with van der Waals surface area (Å²) in [5.41, 5.74) is 3.03. The molecule has 0 bridgehead atoms. The summed E-state index contributed by atoms with van der Waals surface area (Å²) in [4.78, 5) is 4.29. The van der Waals surface area contributed by atoms with Crippen molar-refractivity contribution in [1.29, 1.82) is 0 Å². The highest BCUT2D eigenvalue weighted by Crippen LogP contribution is 2.26. The summed E-state index contributed by atoms with van der Waals surface area (Å²) < 4.78 is 5.25. The van der Waals surface area contributed by atoms with Crippen LogP contribution in [-0.4, -0.2) is 24.7 Å². The van der Waals surface area contributed by atoms with Crippen LogP contribution in [0, 0.1) is 13.8 Å². The number of aliphatic imine (C=N–C) groups is 1. The summed E-state index contributed by atoms with van der Waals surface area (Å²) in [6, 6.07) is 5.48. The highest BCUT2D eigenvalue weighted by Gasteiger charge is 2.17. The lowest BCUT2D eigenvalue weighted by atomic mass is 10.00. The van der Waals surface area contributed by atoms with Crippen LogP contribution in [0.1, 0.15) is 48.4 Å².